The molecule has 0 heterocycles. The summed E-state index contributed by atoms with van der Waals surface area (Å²) in [7, 11) is 0. The molecule has 0 unspecified atom stereocenters. The van der Waals surface area contributed by atoms with Gasteiger partial charge in [0.25, 0.3) is 0 Å². The fourth-order valence-corrected chi connectivity index (χ4v) is 1.11. The molecule has 0 aliphatic rings. The summed E-state index contributed by atoms with van der Waals surface area (Å²) in [5.74, 6) is -0.899. The van der Waals surface area contributed by atoms with Crippen LogP contribution < -0.4 is 0 Å². The Hall–Kier alpha value is -1.09. The van der Waals surface area contributed by atoms with Crippen LogP contribution in [0.25, 0.3) is 6.08 Å². The van der Waals surface area contributed by atoms with E-state index in [4.69, 9.17) is 5.11 Å². The van der Waals surface area contributed by atoms with Gasteiger partial charge in [-0.25, -0.2) is 4.79 Å². The van der Waals surface area contributed by atoms with Crippen molar-refractivity contribution < 1.29 is 9.90 Å². The van der Waals surface area contributed by atoms with Crippen LogP contribution in [0.3, 0.4) is 0 Å². The third kappa shape index (κ3) is 2.20. The smallest absolute Gasteiger partial charge is 0.335 e. The van der Waals surface area contributed by atoms with Crippen molar-refractivity contribution in [3.63, 3.8) is 0 Å². The highest BCUT2D eigenvalue weighted by Crippen LogP contribution is 2.06. The Labute approximate surface area is 78.7 Å². The van der Waals surface area contributed by atoms with E-state index in [1.807, 2.05) is 6.08 Å². The molecule has 0 aromatic heterocycles. The van der Waals surface area contributed by atoms with E-state index < -0.39 is 5.97 Å². The molecule has 62 valence electrons. The third-order valence-electron chi connectivity index (χ3n) is 1.41. The van der Waals surface area contributed by atoms with Crippen molar-refractivity contribution >= 4 is 28.0 Å². The second-order valence-corrected chi connectivity index (χ2v) is 2.75. The largest absolute Gasteiger partial charge is 0.478 e. The van der Waals surface area contributed by atoms with Gasteiger partial charge in [-0.1, -0.05) is 28.1 Å². The number of aromatic carboxylic acids is 1. The van der Waals surface area contributed by atoms with Crippen molar-refractivity contribution in [2.45, 2.75) is 0 Å². The molecular formula is C9H7BrO2. The van der Waals surface area contributed by atoms with E-state index in [2.05, 4.69) is 15.9 Å². The molecule has 12 heavy (non-hydrogen) atoms. The number of hydrogen-bond acceptors (Lipinski definition) is 1. The number of hydrogen-bond donors (Lipinski definition) is 1. The van der Waals surface area contributed by atoms with E-state index in [-0.39, 0.29) is 0 Å². The molecule has 0 aliphatic carbocycles. The third-order valence-corrected chi connectivity index (χ3v) is 1.68. The van der Waals surface area contributed by atoms with Gasteiger partial charge in [0.05, 0.1) is 5.56 Å². The first kappa shape index (κ1) is 9.00. The molecule has 0 saturated heterocycles. The van der Waals surface area contributed by atoms with E-state index in [9.17, 15) is 4.79 Å². The maximum atomic E-state index is 10.4. The first-order valence-corrected chi connectivity index (χ1v) is 4.26. The van der Waals surface area contributed by atoms with Gasteiger partial charge in [0.15, 0.2) is 0 Å². The highest BCUT2D eigenvalue weighted by atomic mass is 79.9. The average molecular weight is 227 g/mol. The minimum atomic E-state index is -0.899. The molecule has 2 nitrogen and oxygen atoms in total. The predicted molar refractivity (Wildman–Crippen MR) is 51.4 cm³/mol. The molecule has 0 fully saturated rings. The van der Waals surface area contributed by atoms with Crippen LogP contribution >= 0.6 is 15.9 Å². The van der Waals surface area contributed by atoms with Crippen LogP contribution in [0, 0.1) is 0 Å². The van der Waals surface area contributed by atoms with Crippen LogP contribution in [0.15, 0.2) is 29.3 Å². The van der Waals surface area contributed by atoms with Crippen molar-refractivity contribution in [2.24, 2.45) is 0 Å². The second kappa shape index (κ2) is 4.07. The molecule has 0 aliphatic heterocycles. The summed E-state index contributed by atoms with van der Waals surface area (Å²) >= 11 is 3.14. The Kier molecular flexibility index (Phi) is 3.05. The average Bonchev–Trinajstić information content (AvgIpc) is 2.06. The van der Waals surface area contributed by atoms with E-state index in [0.29, 0.717) is 5.56 Å². The molecule has 3 heteroatoms. The van der Waals surface area contributed by atoms with Gasteiger partial charge in [0.2, 0.25) is 0 Å². The maximum absolute atomic E-state index is 10.4. The lowest BCUT2D eigenvalue weighted by Crippen LogP contribution is -1.94. The van der Waals surface area contributed by atoms with Gasteiger partial charge < -0.3 is 5.11 Å². The van der Waals surface area contributed by atoms with Crippen molar-refractivity contribution in [1.82, 2.24) is 0 Å². The highest BCUT2D eigenvalue weighted by Gasteiger charge is 1.99. The fourth-order valence-electron chi connectivity index (χ4n) is 0.810. The van der Waals surface area contributed by atoms with Gasteiger partial charge in [0, 0.05) is 0 Å². The Morgan fingerprint density at radius 1 is 1.33 bits per heavy atom. The number of benzene rings is 1. The Bertz CT molecular complexity index is 301. The van der Waals surface area contributed by atoms with Gasteiger partial charge in [0.1, 0.15) is 0 Å². The van der Waals surface area contributed by atoms with E-state index in [0.717, 1.165) is 5.56 Å². The number of rotatable bonds is 2. The number of carboxylic acids is 1. The lowest BCUT2D eigenvalue weighted by atomic mass is 10.1. The molecule has 1 aromatic carbocycles. The molecule has 0 atom stereocenters. The Morgan fingerprint density at radius 2 is 1.92 bits per heavy atom. The second-order valence-electron chi connectivity index (χ2n) is 2.22. The zero-order valence-corrected chi connectivity index (χ0v) is 7.78. The Morgan fingerprint density at radius 3 is 2.33 bits per heavy atom. The van der Waals surface area contributed by atoms with Gasteiger partial charge in [-0.2, -0.15) is 0 Å². The predicted octanol–water partition coefficient (Wildman–Crippen LogP) is 2.75. The van der Waals surface area contributed by atoms with E-state index in [1.54, 1.807) is 29.3 Å². The zero-order chi connectivity index (χ0) is 8.97. The normalized spacial score (nSPS) is 10.4. The molecule has 1 aromatic rings. The molecule has 0 spiro atoms. The van der Waals surface area contributed by atoms with Crippen LogP contribution in [0.4, 0.5) is 0 Å². The molecule has 0 saturated carbocycles. The van der Waals surface area contributed by atoms with Gasteiger partial charge >= 0.3 is 5.97 Å². The summed E-state index contributed by atoms with van der Waals surface area (Å²) in [5.41, 5.74) is 1.28. The summed E-state index contributed by atoms with van der Waals surface area (Å²) < 4.78 is 0. The first-order chi connectivity index (χ1) is 5.74. The maximum Gasteiger partial charge on any atom is 0.335 e. The van der Waals surface area contributed by atoms with Crippen molar-refractivity contribution in [3.8, 4) is 0 Å². The zero-order valence-electron chi connectivity index (χ0n) is 6.20. The molecule has 1 N–H and O–H groups in total. The van der Waals surface area contributed by atoms with Crippen molar-refractivity contribution in [2.75, 3.05) is 0 Å². The molecule has 1 rings (SSSR count). The number of carboxylic acid groups (broad SMARTS) is 1. The molecule has 0 amide bonds. The van der Waals surface area contributed by atoms with Crippen LogP contribution in [-0.4, -0.2) is 11.1 Å². The standard InChI is InChI=1S/C9H7BrO2/c10-6-5-7-1-3-8(4-2-7)9(11)12/h1-6H,(H,11,12)/b6-5-. The summed E-state index contributed by atoms with van der Waals surface area (Å²) in [6.45, 7) is 0. The van der Waals surface area contributed by atoms with E-state index >= 15 is 0 Å². The fraction of sp³-hybridized carbons (Fsp3) is 0. The lowest BCUT2D eigenvalue weighted by Gasteiger charge is -1.94. The quantitative estimate of drug-likeness (QED) is 0.843. The van der Waals surface area contributed by atoms with Gasteiger partial charge in [-0.15, -0.1) is 0 Å². The molecular weight excluding hydrogens is 220 g/mol. The minimum absolute atomic E-state index is 0.307. The Balaban J connectivity index is 2.93. The van der Waals surface area contributed by atoms with Crippen LogP contribution in [0.5, 0.6) is 0 Å². The van der Waals surface area contributed by atoms with Crippen LogP contribution in [0.1, 0.15) is 15.9 Å². The summed E-state index contributed by atoms with van der Waals surface area (Å²) in [6, 6.07) is 6.65. The minimum Gasteiger partial charge on any atom is -0.478 e. The van der Waals surface area contributed by atoms with Crippen LogP contribution in [-0.2, 0) is 0 Å². The van der Waals surface area contributed by atoms with Gasteiger partial charge in [-0.3, -0.25) is 0 Å². The molecule has 0 bridgehead atoms. The number of carbonyl (C=O) groups is 1. The summed E-state index contributed by atoms with van der Waals surface area (Å²) in [4.78, 5) is 12.2. The van der Waals surface area contributed by atoms with Gasteiger partial charge in [-0.05, 0) is 28.8 Å². The lowest BCUT2D eigenvalue weighted by molar-refractivity contribution is 0.0697. The monoisotopic (exact) mass is 226 g/mol. The SMILES string of the molecule is O=C(O)c1ccc(/C=C\Br)cc1. The van der Waals surface area contributed by atoms with Crippen molar-refractivity contribution in [3.05, 3.63) is 40.4 Å². The summed E-state index contributed by atoms with van der Waals surface area (Å²) in [6.07, 6.45) is 1.84. The molecule has 0 radical (unpaired) electrons. The van der Waals surface area contributed by atoms with E-state index in [1.165, 1.54) is 0 Å². The number of halogens is 1. The first-order valence-electron chi connectivity index (χ1n) is 3.34. The highest BCUT2D eigenvalue weighted by molar-refractivity contribution is 9.11. The van der Waals surface area contributed by atoms with Crippen LogP contribution in [0.2, 0.25) is 0 Å². The van der Waals surface area contributed by atoms with Crippen molar-refractivity contribution in [1.29, 1.82) is 0 Å². The summed E-state index contributed by atoms with van der Waals surface area (Å²) in [5, 5.41) is 8.58. The topological polar surface area (TPSA) is 37.3 Å².